The maximum absolute atomic E-state index is 12.8. The third-order valence-corrected chi connectivity index (χ3v) is 5.11. The molecular weight excluding hydrogens is 342 g/mol. The van der Waals surface area contributed by atoms with Crippen LogP contribution in [0.3, 0.4) is 0 Å². The highest BCUT2D eigenvalue weighted by molar-refractivity contribution is 5.97. The number of carbonyl (C=O) groups is 1. The van der Waals surface area contributed by atoms with E-state index in [0.29, 0.717) is 22.2 Å². The van der Waals surface area contributed by atoms with Crippen LogP contribution in [0.4, 0.5) is 0 Å². The zero-order chi connectivity index (χ0) is 18.8. The Labute approximate surface area is 155 Å². The number of rotatable bonds is 3. The van der Waals surface area contributed by atoms with Crippen molar-refractivity contribution in [3.05, 3.63) is 74.9 Å². The van der Waals surface area contributed by atoms with E-state index in [4.69, 9.17) is 0 Å². The predicted molar refractivity (Wildman–Crippen MR) is 105 cm³/mol. The maximum Gasteiger partial charge on any atom is 0.333 e. The van der Waals surface area contributed by atoms with Crippen LogP contribution in [0, 0.1) is 0 Å². The first-order valence-corrected chi connectivity index (χ1v) is 9.29. The van der Waals surface area contributed by atoms with Gasteiger partial charge in [0.2, 0.25) is 0 Å². The molecule has 2 aromatic carbocycles. The molecule has 0 bridgehead atoms. The minimum atomic E-state index is -0.525. The molecule has 6 heteroatoms. The molecule has 1 aliphatic rings. The van der Waals surface area contributed by atoms with E-state index in [9.17, 15) is 14.4 Å². The second-order valence-electron chi connectivity index (χ2n) is 6.98. The predicted octanol–water partition coefficient (Wildman–Crippen LogP) is 2.74. The van der Waals surface area contributed by atoms with Crippen LogP contribution in [-0.2, 0) is 0 Å². The van der Waals surface area contributed by atoms with E-state index in [2.05, 4.69) is 10.3 Å². The molecule has 2 N–H and O–H groups in total. The smallest absolute Gasteiger partial charge is 0.333 e. The zero-order valence-electron chi connectivity index (χ0n) is 14.9. The average Bonchev–Trinajstić information content (AvgIpc) is 2.69. The number of benzene rings is 2. The van der Waals surface area contributed by atoms with Crippen molar-refractivity contribution in [3.8, 4) is 5.69 Å². The third kappa shape index (κ3) is 3.43. The quantitative estimate of drug-likeness (QED) is 0.750. The first kappa shape index (κ1) is 17.3. The molecule has 1 aliphatic carbocycles. The summed E-state index contributed by atoms with van der Waals surface area (Å²) in [7, 11) is 0. The topological polar surface area (TPSA) is 84.0 Å². The molecule has 3 aromatic rings. The Morgan fingerprint density at radius 1 is 1.00 bits per heavy atom. The zero-order valence-corrected chi connectivity index (χ0v) is 14.9. The molecule has 1 aromatic heterocycles. The third-order valence-electron chi connectivity index (χ3n) is 5.11. The highest BCUT2D eigenvalue weighted by Crippen LogP contribution is 2.18. The van der Waals surface area contributed by atoms with Crippen molar-refractivity contribution < 1.29 is 4.79 Å². The summed E-state index contributed by atoms with van der Waals surface area (Å²) in [5, 5.41) is 3.42. The molecule has 1 fully saturated rings. The van der Waals surface area contributed by atoms with Gasteiger partial charge in [0.15, 0.2) is 0 Å². The fraction of sp³-hybridized carbons (Fsp3) is 0.286. The summed E-state index contributed by atoms with van der Waals surface area (Å²) in [5.74, 6) is -0.170. The van der Waals surface area contributed by atoms with E-state index in [1.54, 1.807) is 42.5 Å². The lowest BCUT2D eigenvalue weighted by Crippen LogP contribution is -2.36. The highest BCUT2D eigenvalue weighted by Gasteiger charge is 2.17. The summed E-state index contributed by atoms with van der Waals surface area (Å²) in [5.41, 5.74) is 0.390. The van der Waals surface area contributed by atoms with Crippen LogP contribution in [0.25, 0.3) is 16.6 Å². The molecule has 0 radical (unpaired) electrons. The fourth-order valence-electron chi connectivity index (χ4n) is 3.69. The molecule has 1 amide bonds. The van der Waals surface area contributed by atoms with Gasteiger partial charge in [-0.2, -0.15) is 0 Å². The van der Waals surface area contributed by atoms with Crippen molar-refractivity contribution in [2.24, 2.45) is 0 Å². The van der Waals surface area contributed by atoms with Gasteiger partial charge in [-0.1, -0.05) is 37.5 Å². The monoisotopic (exact) mass is 363 g/mol. The highest BCUT2D eigenvalue weighted by atomic mass is 16.2. The lowest BCUT2D eigenvalue weighted by molar-refractivity contribution is 0.0928. The maximum atomic E-state index is 12.8. The summed E-state index contributed by atoms with van der Waals surface area (Å²) in [6.45, 7) is 0. The van der Waals surface area contributed by atoms with Crippen LogP contribution in [0.1, 0.15) is 42.5 Å². The van der Waals surface area contributed by atoms with Crippen molar-refractivity contribution >= 4 is 16.8 Å². The molecule has 6 nitrogen and oxygen atoms in total. The van der Waals surface area contributed by atoms with Crippen LogP contribution < -0.4 is 16.6 Å². The molecule has 0 atom stereocenters. The van der Waals surface area contributed by atoms with E-state index in [1.165, 1.54) is 6.42 Å². The number of H-pyrrole nitrogens is 1. The molecule has 1 heterocycles. The van der Waals surface area contributed by atoms with Crippen molar-refractivity contribution in [2.75, 3.05) is 0 Å². The summed E-state index contributed by atoms with van der Waals surface area (Å²) in [6.07, 6.45) is 5.48. The Hall–Kier alpha value is -3.15. The molecule has 0 spiro atoms. The van der Waals surface area contributed by atoms with Gasteiger partial charge in [-0.05, 0) is 43.2 Å². The van der Waals surface area contributed by atoms with Gasteiger partial charge in [-0.25, -0.2) is 9.36 Å². The number of hydrogen-bond donors (Lipinski definition) is 2. The van der Waals surface area contributed by atoms with E-state index >= 15 is 0 Å². The number of aromatic amines is 1. The summed E-state index contributed by atoms with van der Waals surface area (Å²) >= 11 is 0. The first-order chi connectivity index (χ1) is 13.1. The molecule has 1 saturated carbocycles. The second-order valence-corrected chi connectivity index (χ2v) is 6.98. The van der Waals surface area contributed by atoms with Crippen LogP contribution in [-0.4, -0.2) is 21.5 Å². The number of amides is 1. The standard InChI is InChI=1S/C21H21N3O3/c25-19(22-15-7-3-1-4-8-15)14-11-12-17-18(13-14)23-21(27)24(20(17)26)16-9-5-2-6-10-16/h2,5-6,9-13,15H,1,3-4,7-8H2,(H,22,25)(H,23,27). The number of aromatic nitrogens is 2. The number of hydrogen-bond acceptors (Lipinski definition) is 3. The number of carbonyl (C=O) groups excluding carboxylic acids is 1. The first-order valence-electron chi connectivity index (χ1n) is 9.29. The van der Waals surface area contributed by atoms with Gasteiger partial charge in [0, 0.05) is 11.6 Å². The van der Waals surface area contributed by atoms with E-state index in [-0.39, 0.29) is 11.9 Å². The van der Waals surface area contributed by atoms with Crippen LogP contribution in [0.5, 0.6) is 0 Å². The van der Waals surface area contributed by atoms with Gasteiger partial charge in [0.1, 0.15) is 0 Å². The van der Waals surface area contributed by atoms with E-state index in [1.807, 2.05) is 6.07 Å². The van der Waals surface area contributed by atoms with Gasteiger partial charge in [-0.15, -0.1) is 0 Å². The minimum Gasteiger partial charge on any atom is -0.349 e. The second kappa shape index (κ2) is 7.23. The Bertz CT molecular complexity index is 1090. The molecule has 138 valence electrons. The normalized spacial score (nSPS) is 15.0. The van der Waals surface area contributed by atoms with Gasteiger partial charge >= 0.3 is 5.69 Å². The Morgan fingerprint density at radius 2 is 1.74 bits per heavy atom. The van der Waals surface area contributed by atoms with Gasteiger partial charge in [-0.3, -0.25) is 9.59 Å². The van der Waals surface area contributed by atoms with Crippen LogP contribution in [0.2, 0.25) is 0 Å². The number of para-hydroxylation sites is 1. The van der Waals surface area contributed by atoms with Gasteiger partial charge in [0.25, 0.3) is 11.5 Å². The molecule has 0 unspecified atom stereocenters. The molecular formula is C21H21N3O3. The van der Waals surface area contributed by atoms with Crippen molar-refractivity contribution in [3.63, 3.8) is 0 Å². The van der Waals surface area contributed by atoms with Gasteiger partial charge < -0.3 is 10.3 Å². The van der Waals surface area contributed by atoms with Gasteiger partial charge in [0.05, 0.1) is 16.6 Å². The lowest BCUT2D eigenvalue weighted by Gasteiger charge is -2.22. The Balaban J connectivity index is 1.70. The Kier molecular flexibility index (Phi) is 4.62. The molecule has 4 rings (SSSR count). The fourth-order valence-corrected chi connectivity index (χ4v) is 3.69. The average molecular weight is 363 g/mol. The SMILES string of the molecule is O=C(NC1CCCCC1)c1ccc2c(=O)n(-c3ccccc3)c(=O)[nH]c2c1. The summed E-state index contributed by atoms with van der Waals surface area (Å²) in [6, 6.07) is 13.8. The van der Waals surface area contributed by atoms with Crippen molar-refractivity contribution in [2.45, 2.75) is 38.1 Å². The lowest BCUT2D eigenvalue weighted by atomic mass is 9.95. The van der Waals surface area contributed by atoms with E-state index < -0.39 is 11.2 Å². The van der Waals surface area contributed by atoms with Crippen molar-refractivity contribution in [1.82, 2.24) is 14.9 Å². The number of nitrogens with zero attached hydrogens (tertiary/aromatic N) is 1. The van der Waals surface area contributed by atoms with Crippen LogP contribution >= 0.6 is 0 Å². The molecule has 0 aliphatic heterocycles. The number of fused-ring (bicyclic) bond motifs is 1. The van der Waals surface area contributed by atoms with Crippen molar-refractivity contribution in [1.29, 1.82) is 0 Å². The Morgan fingerprint density at radius 3 is 2.48 bits per heavy atom. The van der Waals surface area contributed by atoms with E-state index in [0.717, 1.165) is 30.3 Å². The molecule has 0 saturated heterocycles. The molecule has 27 heavy (non-hydrogen) atoms. The summed E-state index contributed by atoms with van der Waals surface area (Å²) < 4.78 is 1.10. The van der Waals surface area contributed by atoms with Crippen LogP contribution in [0.15, 0.2) is 58.1 Å². The summed E-state index contributed by atoms with van der Waals surface area (Å²) in [4.78, 5) is 40.5. The largest absolute Gasteiger partial charge is 0.349 e. The minimum absolute atomic E-state index is 0.170. The number of nitrogens with one attached hydrogen (secondary N) is 2.